The molecule has 1 saturated heterocycles. The van der Waals surface area contributed by atoms with E-state index in [0.717, 1.165) is 22.0 Å². The molecule has 2 amide bonds. The molecule has 0 saturated carbocycles. The van der Waals surface area contributed by atoms with Crippen LogP contribution in [0.5, 0.6) is 0 Å². The van der Waals surface area contributed by atoms with Crippen LogP contribution in [0.4, 0.5) is 0 Å². The van der Waals surface area contributed by atoms with E-state index in [2.05, 4.69) is 5.32 Å². The second kappa shape index (κ2) is 11.2. The number of alkyl halides is 3. The van der Waals surface area contributed by atoms with Crippen LogP contribution in [0.2, 0.25) is 0 Å². The zero-order valence-electron chi connectivity index (χ0n) is 19.0. The van der Waals surface area contributed by atoms with Crippen molar-refractivity contribution in [1.82, 2.24) is 10.2 Å². The maximum Gasteiger partial charge on any atom is 0.355 e. The lowest BCUT2D eigenvalue weighted by molar-refractivity contribution is -0.153. The Balaban J connectivity index is 1.54. The average Bonchev–Trinajstić information content (AvgIpc) is 3.25. The van der Waals surface area contributed by atoms with Gasteiger partial charge in [0.2, 0.25) is 9.70 Å². The molecule has 2 aliphatic rings. The number of hydrogen-bond donors (Lipinski definition) is 1. The molecule has 1 aromatic carbocycles. The Labute approximate surface area is 235 Å². The van der Waals surface area contributed by atoms with Crippen molar-refractivity contribution in [3.63, 3.8) is 0 Å². The van der Waals surface area contributed by atoms with Crippen LogP contribution in [-0.4, -0.2) is 57.1 Å². The Morgan fingerprint density at radius 2 is 1.95 bits per heavy atom. The molecule has 9 nitrogen and oxygen atoms in total. The van der Waals surface area contributed by atoms with Crippen LogP contribution in [0.1, 0.15) is 12.7 Å². The van der Waals surface area contributed by atoms with Gasteiger partial charge in [-0.1, -0.05) is 76.4 Å². The number of halogens is 4. The minimum atomic E-state index is -1.90. The van der Waals surface area contributed by atoms with E-state index >= 15 is 0 Å². The monoisotopic (exact) mass is 606 g/mol. The third-order valence-electron chi connectivity index (χ3n) is 5.32. The van der Waals surface area contributed by atoms with E-state index in [0.29, 0.717) is 16.2 Å². The minimum Gasteiger partial charge on any atom is -0.461 e. The number of esters is 2. The molecule has 2 aromatic rings. The summed E-state index contributed by atoms with van der Waals surface area (Å²) < 4.78 is 13.9. The van der Waals surface area contributed by atoms with Crippen molar-refractivity contribution in [3.05, 3.63) is 57.8 Å². The number of rotatable bonds is 7. The van der Waals surface area contributed by atoms with Crippen LogP contribution in [0.15, 0.2) is 56.5 Å². The Bertz CT molecular complexity index is 1300. The molecule has 14 heteroatoms. The number of nitrogens with zero attached hydrogens (tertiary/aromatic N) is 1. The summed E-state index contributed by atoms with van der Waals surface area (Å²) in [6.07, 6.45) is -0.0975. The normalized spacial score (nSPS) is 20.5. The van der Waals surface area contributed by atoms with Crippen molar-refractivity contribution < 1.29 is 33.1 Å². The number of thioether (sulfide) groups is 1. The van der Waals surface area contributed by atoms with E-state index in [1.807, 2.05) is 18.2 Å². The van der Waals surface area contributed by atoms with Gasteiger partial charge in [0.05, 0.1) is 6.42 Å². The first-order valence-corrected chi connectivity index (χ1v) is 13.1. The quantitative estimate of drug-likeness (QED) is 0.283. The summed E-state index contributed by atoms with van der Waals surface area (Å²) in [7, 11) is 0. The largest absolute Gasteiger partial charge is 0.461 e. The lowest BCUT2D eigenvalue weighted by Crippen LogP contribution is -2.70. The third-order valence-corrected chi connectivity index (χ3v) is 7.34. The van der Waals surface area contributed by atoms with E-state index in [1.165, 1.54) is 12.5 Å². The maximum atomic E-state index is 13.1. The number of fused-ring (bicyclic) bond motifs is 2. The van der Waals surface area contributed by atoms with Crippen LogP contribution in [0.25, 0.3) is 11.0 Å². The number of nitrogens with one attached hydrogen (secondary N) is 1. The van der Waals surface area contributed by atoms with Gasteiger partial charge in [-0.25, -0.2) is 4.79 Å². The molecule has 37 heavy (non-hydrogen) atoms. The van der Waals surface area contributed by atoms with Crippen molar-refractivity contribution in [1.29, 1.82) is 0 Å². The average molecular weight is 608 g/mol. The molecule has 1 aromatic heterocycles. The van der Waals surface area contributed by atoms with Crippen molar-refractivity contribution in [2.24, 2.45) is 0 Å². The summed E-state index contributed by atoms with van der Waals surface area (Å²) in [6, 6.07) is 8.08. The fourth-order valence-electron chi connectivity index (χ4n) is 3.77. The van der Waals surface area contributed by atoms with E-state index in [9.17, 15) is 19.2 Å². The van der Waals surface area contributed by atoms with Crippen LogP contribution in [0.3, 0.4) is 0 Å². The summed E-state index contributed by atoms with van der Waals surface area (Å²) >= 11 is 24.2. The summed E-state index contributed by atoms with van der Waals surface area (Å²) in [5.41, 5.74) is 1.73. The van der Waals surface area contributed by atoms with Gasteiger partial charge in [-0.15, -0.1) is 0 Å². The number of para-hydroxylation sites is 1. The Morgan fingerprint density at radius 1 is 1.22 bits per heavy atom. The highest BCUT2D eigenvalue weighted by Gasteiger charge is 2.55. The summed E-state index contributed by atoms with van der Waals surface area (Å²) in [5.74, 6) is -2.21. The second-order valence-corrected chi connectivity index (χ2v) is 11.9. The first kappa shape index (κ1) is 27.7. The SMILES string of the molecule is CC(=O)OCC1=C(C(=O)OCC(Cl)(Cl)Cl)N2C(=O)C(NC(=O)Cc3cc4ccccc4o3)[C@@H]2SC1=CCl. The standard InChI is InChI=1S/C23H18Cl4N2O7S/c1-11(30)34-9-14-16(8-24)37-21-18(20(32)29(21)19(14)22(33)35-10-23(25,26)27)28-17(31)7-13-6-12-4-2-3-5-15(12)36-13/h2-6,8,18,21H,7,9-10H2,1H3,(H,28,31)/t18?,21-/m0/s1. The van der Waals surface area contributed by atoms with Crippen LogP contribution >= 0.6 is 58.2 Å². The Hall–Kier alpha value is -2.37. The zero-order chi connectivity index (χ0) is 26.9. The lowest BCUT2D eigenvalue weighted by Gasteiger charge is -2.50. The second-order valence-electron chi connectivity index (χ2n) is 7.96. The lowest BCUT2D eigenvalue weighted by atomic mass is 10.0. The van der Waals surface area contributed by atoms with Crippen LogP contribution in [0, 0.1) is 0 Å². The molecule has 3 heterocycles. The van der Waals surface area contributed by atoms with Crippen molar-refractivity contribution in [2.45, 2.75) is 28.6 Å². The summed E-state index contributed by atoms with van der Waals surface area (Å²) in [5, 5.41) is 2.80. The van der Waals surface area contributed by atoms with Gasteiger partial charge in [0.15, 0.2) is 0 Å². The Kier molecular flexibility index (Phi) is 8.35. The number of benzene rings is 1. The van der Waals surface area contributed by atoms with E-state index < -0.39 is 45.6 Å². The van der Waals surface area contributed by atoms with Gasteiger partial charge in [-0.2, -0.15) is 0 Å². The van der Waals surface area contributed by atoms with Crippen molar-refractivity contribution >= 4 is 92.9 Å². The van der Waals surface area contributed by atoms with Gasteiger partial charge in [0.25, 0.3) is 5.91 Å². The predicted octanol–water partition coefficient (Wildman–Crippen LogP) is 4.19. The number of carbonyl (C=O) groups is 4. The van der Waals surface area contributed by atoms with Gasteiger partial charge in [0, 0.05) is 28.3 Å². The number of amides is 2. The van der Waals surface area contributed by atoms with Gasteiger partial charge < -0.3 is 19.2 Å². The van der Waals surface area contributed by atoms with Crippen LogP contribution in [-0.2, 0) is 35.1 Å². The first-order chi connectivity index (χ1) is 17.5. The fourth-order valence-corrected chi connectivity index (χ4v) is 5.46. The highest BCUT2D eigenvalue weighted by atomic mass is 35.6. The highest BCUT2D eigenvalue weighted by molar-refractivity contribution is 8.04. The topological polar surface area (TPSA) is 115 Å². The molecule has 1 unspecified atom stereocenters. The molecular weight excluding hydrogens is 590 g/mol. The maximum absolute atomic E-state index is 13.1. The fraction of sp³-hybridized carbons (Fsp3) is 0.304. The molecule has 196 valence electrons. The van der Waals surface area contributed by atoms with E-state index in [4.69, 9.17) is 60.3 Å². The number of β-lactam (4-membered cyclic amide) rings is 1. The van der Waals surface area contributed by atoms with Gasteiger partial charge >= 0.3 is 11.9 Å². The summed E-state index contributed by atoms with van der Waals surface area (Å²) in [6.45, 7) is 0.226. The predicted molar refractivity (Wildman–Crippen MR) is 139 cm³/mol. The smallest absolute Gasteiger partial charge is 0.355 e. The molecule has 0 bridgehead atoms. The molecule has 1 N–H and O–H groups in total. The van der Waals surface area contributed by atoms with Crippen LogP contribution < -0.4 is 5.32 Å². The highest BCUT2D eigenvalue weighted by Crippen LogP contribution is 2.47. The molecule has 0 aliphatic carbocycles. The number of hydrogen-bond acceptors (Lipinski definition) is 8. The van der Waals surface area contributed by atoms with Crippen molar-refractivity contribution in [3.8, 4) is 0 Å². The molecule has 4 rings (SSSR count). The molecule has 2 atom stereocenters. The zero-order valence-corrected chi connectivity index (χ0v) is 22.8. The molecule has 0 spiro atoms. The summed E-state index contributed by atoms with van der Waals surface area (Å²) in [4.78, 5) is 51.7. The van der Waals surface area contributed by atoms with Gasteiger partial charge in [-0.05, 0) is 12.1 Å². The molecule has 1 fully saturated rings. The first-order valence-electron chi connectivity index (χ1n) is 10.7. The van der Waals surface area contributed by atoms with Gasteiger partial charge in [0.1, 0.15) is 41.7 Å². The van der Waals surface area contributed by atoms with Crippen molar-refractivity contribution in [2.75, 3.05) is 13.2 Å². The number of ether oxygens (including phenoxy) is 2. The third kappa shape index (κ3) is 6.21. The molecule has 2 aliphatic heterocycles. The van der Waals surface area contributed by atoms with E-state index in [1.54, 1.807) is 12.1 Å². The number of furan rings is 1. The molecule has 0 radical (unpaired) electrons. The van der Waals surface area contributed by atoms with Gasteiger partial charge in [-0.3, -0.25) is 19.3 Å². The molecular formula is C23H18Cl4N2O7S. The van der Waals surface area contributed by atoms with E-state index in [-0.39, 0.29) is 24.3 Å². The minimum absolute atomic E-state index is 0.0975. The number of carbonyl (C=O) groups excluding carboxylic acids is 4. The Morgan fingerprint density at radius 3 is 2.59 bits per heavy atom.